The Labute approximate surface area is 193 Å². The molecule has 3 aromatic rings. The molecule has 0 saturated heterocycles. The van der Waals surface area contributed by atoms with E-state index in [1.165, 1.54) is 28.6 Å². The van der Waals surface area contributed by atoms with Crippen molar-refractivity contribution in [2.75, 3.05) is 26.2 Å². The zero-order chi connectivity index (χ0) is 24.0. The topological polar surface area (TPSA) is 93.5 Å². The number of hydrogen-bond donors (Lipinski definition) is 1. The highest BCUT2D eigenvalue weighted by molar-refractivity contribution is 7.89. The number of amides is 1. The van der Waals surface area contributed by atoms with Crippen LogP contribution in [0.3, 0.4) is 0 Å². The molecule has 33 heavy (non-hydrogen) atoms. The van der Waals surface area contributed by atoms with Gasteiger partial charge in [0, 0.05) is 33.0 Å². The fourth-order valence-electron chi connectivity index (χ4n) is 3.53. The fourth-order valence-corrected chi connectivity index (χ4v) is 5.01. The largest absolute Gasteiger partial charge is 0.492 e. The Morgan fingerprint density at radius 3 is 2.52 bits per heavy atom. The lowest BCUT2D eigenvalue weighted by molar-refractivity contribution is -0.121. The minimum Gasteiger partial charge on any atom is -0.492 e. The lowest BCUT2D eigenvalue weighted by Gasteiger charge is -2.18. The molecular weight excluding hydrogens is 447 g/mol. The highest BCUT2D eigenvalue weighted by atomic mass is 32.2. The molecule has 1 aromatic heterocycles. The first-order valence-corrected chi connectivity index (χ1v) is 12.3. The van der Waals surface area contributed by atoms with Crippen LogP contribution in [0.25, 0.3) is 11.0 Å². The number of ether oxygens (including phenoxy) is 1. The summed E-state index contributed by atoms with van der Waals surface area (Å²) in [5.74, 6) is 0.752. The molecule has 8 nitrogen and oxygen atoms in total. The number of nitrogens with one attached hydrogen (secondary N) is 1. The summed E-state index contributed by atoms with van der Waals surface area (Å²) in [5, 5.41) is 2.78. The minimum atomic E-state index is -3.57. The Morgan fingerprint density at radius 2 is 1.85 bits per heavy atom. The van der Waals surface area contributed by atoms with Crippen LogP contribution in [0.4, 0.5) is 4.39 Å². The summed E-state index contributed by atoms with van der Waals surface area (Å²) in [6.07, 6.45) is 0.645. The first-order chi connectivity index (χ1) is 15.8. The summed E-state index contributed by atoms with van der Waals surface area (Å²) in [4.78, 5) is 17.0. The van der Waals surface area contributed by atoms with Gasteiger partial charge in [0.25, 0.3) is 0 Å². The van der Waals surface area contributed by atoms with E-state index >= 15 is 0 Å². The molecule has 0 atom stereocenters. The fraction of sp³-hybridized carbons (Fsp3) is 0.391. The van der Waals surface area contributed by atoms with E-state index in [2.05, 4.69) is 10.3 Å². The van der Waals surface area contributed by atoms with E-state index in [1.807, 2.05) is 11.6 Å². The third-order valence-electron chi connectivity index (χ3n) is 5.37. The van der Waals surface area contributed by atoms with E-state index in [0.717, 1.165) is 5.52 Å². The van der Waals surface area contributed by atoms with Crippen LogP contribution in [0.5, 0.6) is 5.75 Å². The number of carbonyl (C=O) groups is 1. The molecule has 1 N–H and O–H groups in total. The van der Waals surface area contributed by atoms with Crippen molar-refractivity contribution in [3.63, 3.8) is 0 Å². The highest BCUT2D eigenvalue weighted by Gasteiger charge is 2.22. The van der Waals surface area contributed by atoms with Crippen LogP contribution in [0, 0.1) is 5.82 Å². The average molecular weight is 477 g/mol. The number of aromatic nitrogens is 2. The van der Waals surface area contributed by atoms with Crippen molar-refractivity contribution in [3.8, 4) is 5.75 Å². The third kappa shape index (κ3) is 5.88. The molecule has 2 aromatic carbocycles. The van der Waals surface area contributed by atoms with Crippen LogP contribution in [0.15, 0.2) is 47.4 Å². The molecule has 1 heterocycles. The molecule has 10 heteroatoms. The molecule has 0 aliphatic heterocycles. The second kappa shape index (κ2) is 10.8. The SMILES string of the molecule is CCN(CC)S(=O)(=O)c1ccc2c(c1)nc(CCC(=O)NCCOc1ccc(F)cc1)n2C. The number of hydrogen-bond acceptors (Lipinski definition) is 5. The van der Waals surface area contributed by atoms with E-state index in [9.17, 15) is 17.6 Å². The Hall–Kier alpha value is -2.98. The van der Waals surface area contributed by atoms with Crippen molar-refractivity contribution in [2.45, 2.75) is 31.6 Å². The Kier molecular flexibility index (Phi) is 8.04. The van der Waals surface area contributed by atoms with Crippen LogP contribution in [0.1, 0.15) is 26.1 Å². The number of benzene rings is 2. The number of carbonyl (C=O) groups excluding carboxylic acids is 1. The molecule has 178 valence electrons. The first kappa shape index (κ1) is 24.7. The van der Waals surface area contributed by atoms with Gasteiger partial charge in [0.1, 0.15) is 24.0 Å². The van der Waals surface area contributed by atoms with Gasteiger partial charge in [0.05, 0.1) is 22.5 Å². The molecule has 3 rings (SSSR count). The average Bonchev–Trinajstić information content (AvgIpc) is 3.12. The lowest BCUT2D eigenvalue weighted by Crippen LogP contribution is -2.30. The van der Waals surface area contributed by atoms with Crippen molar-refractivity contribution in [3.05, 3.63) is 54.1 Å². The Morgan fingerprint density at radius 1 is 1.15 bits per heavy atom. The van der Waals surface area contributed by atoms with Gasteiger partial charge in [-0.15, -0.1) is 0 Å². The predicted molar refractivity (Wildman–Crippen MR) is 124 cm³/mol. The normalized spacial score (nSPS) is 11.8. The van der Waals surface area contributed by atoms with Crippen molar-refractivity contribution in [1.82, 2.24) is 19.2 Å². The van der Waals surface area contributed by atoms with Crippen molar-refractivity contribution < 1.29 is 22.3 Å². The molecule has 0 fully saturated rings. The lowest BCUT2D eigenvalue weighted by atomic mass is 10.3. The van der Waals surface area contributed by atoms with Gasteiger partial charge in [-0.05, 0) is 42.5 Å². The maximum absolute atomic E-state index is 12.9. The van der Waals surface area contributed by atoms with E-state index in [1.54, 1.807) is 32.0 Å². The van der Waals surface area contributed by atoms with Gasteiger partial charge >= 0.3 is 0 Å². The second-order valence-corrected chi connectivity index (χ2v) is 9.42. The van der Waals surface area contributed by atoms with Crippen LogP contribution in [-0.2, 0) is 28.3 Å². The maximum atomic E-state index is 12.9. The van der Waals surface area contributed by atoms with Gasteiger partial charge in [-0.25, -0.2) is 17.8 Å². The number of rotatable bonds is 11. The Balaban J connectivity index is 1.57. The molecule has 0 radical (unpaired) electrons. The molecule has 0 saturated carbocycles. The zero-order valence-corrected chi connectivity index (χ0v) is 19.9. The maximum Gasteiger partial charge on any atom is 0.243 e. The van der Waals surface area contributed by atoms with E-state index < -0.39 is 10.0 Å². The number of halogens is 1. The number of nitrogens with zero attached hydrogens (tertiary/aromatic N) is 3. The number of imidazole rings is 1. The van der Waals surface area contributed by atoms with Crippen LogP contribution >= 0.6 is 0 Å². The van der Waals surface area contributed by atoms with Gasteiger partial charge in [-0.1, -0.05) is 13.8 Å². The quantitative estimate of drug-likeness (QED) is 0.430. The Bertz CT molecular complexity index is 1210. The van der Waals surface area contributed by atoms with Crippen molar-refractivity contribution in [1.29, 1.82) is 0 Å². The van der Waals surface area contributed by atoms with Crippen LogP contribution < -0.4 is 10.1 Å². The molecule has 0 aliphatic carbocycles. The van der Waals surface area contributed by atoms with Crippen LogP contribution in [0.2, 0.25) is 0 Å². The van der Waals surface area contributed by atoms with Gasteiger partial charge in [0.2, 0.25) is 15.9 Å². The molecule has 0 bridgehead atoms. The summed E-state index contributed by atoms with van der Waals surface area (Å²) >= 11 is 0. The molecule has 0 unspecified atom stereocenters. The molecular formula is C23H29FN4O4S. The first-order valence-electron chi connectivity index (χ1n) is 10.9. The monoisotopic (exact) mass is 476 g/mol. The second-order valence-electron chi connectivity index (χ2n) is 7.48. The molecule has 0 aliphatic rings. The molecule has 0 spiro atoms. The summed E-state index contributed by atoms with van der Waals surface area (Å²) < 4.78 is 47.2. The summed E-state index contributed by atoms with van der Waals surface area (Å²) in [6, 6.07) is 10.6. The summed E-state index contributed by atoms with van der Waals surface area (Å²) in [7, 11) is -1.72. The zero-order valence-electron chi connectivity index (χ0n) is 19.0. The van der Waals surface area contributed by atoms with Gasteiger partial charge in [-0.2, -0.15) is 4.31 Å². The van der Waals surface area contributed by atoms with E-state index in [-0.39, 0.29) is 29.6 Å². The number of sulfonamides is 1. The van der Waals surface area contributed by atoms with E-state index in [4.69, 9.17) is 4.74 Å². The van der Waals surface area contributed by atoms with E-state index in [0.29, 0.717) is 43.1 Å². The van der Waals surface area contributed by atoms with Gasteiger partial charge < -0.3 is 14.6 Å². The van der Waals surface area contributed by atoms with Crippen molar-refractivity contribution in [2.24, 2.45) is 7.05 Å². The van der Waals surface area contributed by atoms with Gasteiger partial charge in [-0.3, -0.25) is 4.79 Å². The highest BCUT2D eigenvalue weighted by Crippen LogP contribution is 2.22. The smallest absolute Gasteiger partial charge is 0.243 e. The standard InChI is InChI=1S/C23H29FN4O4S/c1-4-28(5-2)33(30,31)19-10-11-21-20(16-19)26-22(27(21)3)12-13-23(29)25-14-15-32-18-8-6-17(24)7-9-18/h6-11,16H,4-5,12-15H2,1-3H3,(H,25,29). The number of aryl methyl sites for hydroxylation is 2. The summed E-state index contributed by atoms with van der Waals surface area (Å²) in [6.45, 7) is 5.00. The third-order valence-corrected chi connectivity index (χ3v) is 7.42. The minimum absolute atomic E-state index is 0.144. The molecule has 1 amide bonds. The summed E-state index contributed by atoms with van der Waals surface area (Å²) in [5.41, 5.74) is 1.38. The number of fused-ring (bicyclic) bond motifs is 1. The predicted octanol–water partition coefficient (Wildman–Crippen LogP) is 2.87. The van der Waals surface area contributed by atoms with Crippen LogP contribution in [-0.4, -0.2) is 54.4 Å². The van der Waals surface area contributed by atoms with Gasteiger partial charge in [0.15, 0.2) is 0 Å². The van der Waals surface area contributed by atoms with Crippen molar-refractivity contribution >= 4 is 27.0 Å².